The van der Waals surface area contributed by atoms with Gasteiger partial charge in [0.2, 0.25) is 11.9 Å². The van der Waals surface area contributed by atoms with E-state index in [1.807, 2.05) is 0 Å². The van der Waals surface area contributed by atoms with E-state index in [1.54, 1.807) is 31.3 Å². The van der Waals surface area contributed by atoms with Crippen molar-refractivity contribution >= 4 is 23.6 Å². The molecule has 56 heavy (non-hydrogen) atoms. The van der Waals surface area contributed by atoms with Crippen LogP contribution in [0.1, 0.15) is 73.1 Å². The Morgan fingerprint density at radius 1 is 1.05 bits per heavy atom. The lowest BCUT2D eigenvalue weighted by Gasteiger charge is -2.27. The number of ether oxygens (including phenoxy) is 1. The minimum Gasteiger partial charge on any atom is -0.450 e. The minimum atomic E-state index is -3.59. The molecule has 5 aromatic rings. The van der Waals surface area contributed by atoms with Crippen molar-refractivity contribution in [2.24, 2.45) is 5.92 Å². The average Bonchev–Trinajstić information content (AvgIpc) is 3.70. The van der Waals surface area contributed by atoms with E-state index in [9.17, 15) is 32.3 Å². The highest BCUT2D eigenvalue weighted by atomic mass is 19.3. The standard InChI is InChI=1S/C38H32F6N8O4/c1-4-56-36(54)47-35-49-48-28-10-5-20(17-51(28)35)24-7-6-23(11-12-37(2,3)55)45-31(24)27(15-19-13-21(39)16-22(40)14-19)46-29(53)18-52-33-30(32(50-52)34(41)42)25-8-9-26(25)38(33,43)44/h5-10,13-14,16-17,25-27,34,55H,4,15,18H2,1-3H3,(H,46,53)(H,47,49,54). The highest BCUT2D eigenvalue weighted by molar-refractivity contribution is 5.83. The number of aliphatic hydroxyl groups is 1. The van der Waals surface area contributed by atoms with E-state index in [4.69, 9.17) is 4.74 Å². The molecular weight excluding hydrogens is 746 g/mol. The topological polar surface area (TPSA) is 149 Å². The zero-order valence-corrected chi connectivity index (χ0v) is 29.8. The highest BCUT2D eigenvalue weighted by Crippen LogP contribution is 2.59. The van der Waals surface area contributed by atoms with Gasteiger partial charge in [-0.25, -0.2) is 27.3 Å². The first-order chi connectivity index (χ1) is 26.5. The third-order valence-corrected chi connectivity index (χ3v) is 9.15. The van der Waals surface area contributed by atoms with Crippen molar-refractivity contribution in [1.82, 2.24) is 34.7 Å². The lowest BCUT2D eigenvalue weighted by molar-refractivity contribution is -0.123. The number of alkyl halides is 4. The van der Waals surface area contributed by atoms with E-state index in [2.05, 4.69) is 42.8 Å². The summed E-state index contributed by atoms with van der Waals surface area (Å²) in [6.45, 7) is 3.69. The van der Waals surface area contributed by atoms with Crippen LogP contribution in [-0.2, 0) is 28.4 Å². The lowest BCUT2D eigenvalue weighted by Crippen LogP contribution is -2.35. The highest BCUT2D eigenvalue weighted by Gasteiger charge is 2.60. The number of amides is 2. The zero-order valence-electron chi connectivity index (χ0n) is 29.8. The summed E-state index contributed by atoms with van der Waals surface area (Å²) >= 11 is 0. The number of halogens is 6. The van der Waals surface area contributed by atoms with Crippen molar-refractivity contribution < 1.29 is 45.8 Å². The Bertz CT molecular complexity index is 2440. The minimum absolute atomic E-state index is 0.00192. The smallest absolute Gasteiger partial charge is 0.414 e. The molecule has 3 atom stereocenters. The number of carbonyl (C=O) groups excluding carboxylic acids is 2. The molecule has 0 spiro atoms. The van der Waals surface area contributed by atoms with Crippen LogP contribution in [0.2, 0.25) is 0 Å². The van der Waals surface area contributed by atoms with Crippen molar-refractivity contribution in [3.05, 3.63) is 106 Å². The fourth-order valence-corrected chi connectivity index (χ4v) is 6.79. The van der Waals surface area contributed by atoms with Crippen LogP contribution in [0.25, 0.3) is 16.8 Å². The first-order valence-corrected chi connectivity index (χ1v) is 17.3. The molecule has 7 rings (SSSR count). The summed E-state index contributed by atoms with van der Waals surface area (Å²) < 4.78 is 95.2. The number of benzene rings is 1. The molecule has 0 fully saturated rings. The fourth-order valence-electron chi connectivity index (χ4n) is 6.79. The Morgan fingerprint density at radius 3 is 2.46 bits per heavy atom. The second-order valence-electron chi connectivity index (χ2n) is 13.7. The van der Waals surface area contributed by atoms with Gasteiger partial charge < -0.3 is 15.2 Å². The summed E-state index contributed by atoms with van der Waals surface area (Å²) in [5.74, 6) is -3.31. The molecule has 290 valence electrons. The fraction of sp³-hybridized carbons (Fsp3) is 0.316. The van der Waals surface area contributed by atoms with E-state index in [0.717, 1.165) is 12.1 Å². The molecule has 0 bridgehead atoms. The molecule has 4 aromatic heterocycles. The number of hydrogen-bond acceptors (Lipinski definition) is 8. The molecule has 3 N–H and O–H groups in total. The van der Waals surface area contributed by atoms with E-state index in [0.29, 0.717) is 27.5 Å². The van der Waals surface area contributed by atoms with E-state index >= 15 is 8.78 Å². The van der Waals surface area contributed by atoms with Crippen LogP contribution in [0.3, 0.4) is 0 Å². The predicted octanol–water partition coefficient (Wildman–Crippen LogP) is 6.37. The van der Waals surface area contributed by atoms with Gasteiger partial charge in [-0.3, -0.25) is 19.2 Å². The molecule has 4 heterocycles. The quantitative estimate of drug-likeness (QED) is 0.0842. The van der Waals surface area contributed by atoms with Crippen LogP contribution in [0, 0.1) is 29.4 Å². The van der Waals surface area contributed by atoms with Gasteiger partial charge >= 0.3 is 6.09 Å². The van der Waals surface area contributed by atoms with E-state index in [1.165, 1.54) is 36.5 Å². The van der Waals surface area contributed by atoms with Gasteiger partial charge in [0.15, 0.2) is 5.65 Å². The summed E-state index contributed by atoms with van der Waals surface area (Å²) in [7, 11) is 0. The largest absolute Gasteiger partial charge is 0.450 e. The monoisotopic (exact) mass is 778 g/mol. The molecule has 3 unspecified atom stereocenters. The lowest BCUT2D eigenvalue weighted by atomic mass is 9.81. The first-order valence-electron chi connectivity index (χ1n) is 17.3. The molecule has 2 amide bonds. The SMILES string of the molecule is CCOC(=O)Nc1nnc2ccc(-c3ccc(C#CC(C)(C)O)nc3C(Cc3cc(F)cc(F)c3)NC(=O)Cn3nc(C(F)F)c4c3C(F)(F)C3C=CC43)cn12. The first kappa shape index (κ1) is 38.1. The molecule has 12 nitrogen and oxygen atoms in total. The van der Waals surface area contributed by atoms with Crippen molar-refractivity contribution in [3.8, 4) is 23.0 Å². The van der Waals surface area contributed by atoms with Crippen LogP contribution in [-0.4, -0.2) is 58.7 Å². The number of allylic oxidation sites excluding steroid dienone is 2. The van der Waals surface area contributed by atoms with E-state index < -0.39 is 77.4 Å². The number of rotatable bonds is 10. The average molecular weight is 779 g/mol. The molecule has 18 heteroatoms. The molecule has 1 aromatic carbocycles. The molecule has 0 aliphatic heterocycles. The van der Waals surface area contributed by atoms with Crippen LogP contribution >= 0.6 is 0 Å². The summed E-state index contributed by atoms with van der Waals surface area (Å²) in [4.78, 5) is 30.8. The van der Waals surface area contributed by atoms with Crippen LogP contribution in [0.4, 0.5) is 37.1 Å². The second kappa shape index (κ2) is 14.5. The third-order valence-electron chi connectivity index (χ3n) is 9.15. The summed E-state index contributed by atoms with van der Waals surface area (Å²) in [5, 5.41) is 27.2. The molecule has 0 radical (unpaired) electrons. The molecular formula is C38H32F6N8O4. The second-order valence-corrected chi connectivity index (χ2v) is 13.7. The summed E-state index contributed by atoms with van der Waals surface area (Å²) in [6.07, 6.45) is -0.125. The summed E-state index contributed by atoms with van der Waals surface area (Å²) in [6, 6.07) is 7.77. The van der Waals surface area contributed by atoms with Crippen LogP contribution in [0.5, 0.6) is 0 Å². The molecule has 2 aliphatic rings. The van der Waals surface area contributed by atoms with Gasteiger partial charge in [0, 0.05) is 34.9 Å². The zero-order chi connectivity index (χ0) is 40.1. The van der Waals surface area contributed by atoms with Gasteiger partial charge in [-0.2, -0.15) is 13.9 Å². The maximum atomic E-state index is 15.5. The molecule has 0 saturated heterocycles. The number of hydrogen-bond donors (Lipinski definition) is 3. The molecule has 0 saturated carbocycles. The van der Waals surface area contributed by atoms with Crippen molar-refractivity contribution in [1.29, 1.82) is 0 Å². The van der Waals surface area contributed by atoms with Crippen LogP contribution < -0.4 is 10.6 Å². The number of pyridine rings is 2. The maximum absolute atomic E-state index is 15.5. The third kappa shape index (κ3) is 7.41. The van der Waals surface area contributed by atoms with Gasteiger partial charge in [-0.05, 0) is 75.1 Å². The van der Waals surface area contributed by atoms with Crippen molar-refractivity contribution in [2.45, 2.75) is 63.6 Å². The van der Waals surface area contributed by atoms with Crippen molar-refractivity contribution in [2.75, 3.05) is 11.9 Å². The number of nitrogens with one attached hydrogen (secondary N) is 2. The van der Waals surface area contributed by atoms with E-state index in [-0.39, 0.29) is 41.5 Å². The summed E-state index contributed by atoms with van der Waals surface area (Å²) in [5.41, 5.74) is -2.09. The van der Waals surface area contributed by atoms with Crippen LogP contribution in [0.15, 0.2) is 60.8 Å². The normalized spacial score (nSPS) is 17.1. The van der Waals surface area contributed by atoms with Gasteiger partial charge in [-0.15, -0.1) is 10.2 Å². The predicted molar refractivity (Wildman–Crippen MR) is 187 cm³/mol. The Balaban J connectivity index is 1.33. The Kier molecular flexibility index (Phi) is 9.83. The number of fused-ring (bicyclic) bond motifs is 4. The van der Waals surface area contributed by atoms with Gasteiger partial charge in [0.25, 0.3) is 12.3 Å². The van der Waals surface area contributed by atoms with Gasteiger partial charge in [-0.1, -0.05) is 18.1 Å². The number of aromatic nitrogens is 6. The Hall–Kier alpha value is -6.22. The Morgan fingerprint density at radius 2 is 1.80 bits per heavy atom. The Labute approximate surface area is 314 Å². The molecule has 2 aliphatic carbocycles. The van der Waals surface area contributed by atoms with Gasteiger partial charge in [0.05, 0.1) is 24.3 Å². The van der Waals surface area contributed by atoms with Gasteiger partial charge in [0.1, 0.15) is 40.9 Å². The number of nitrogens with zero attached hydrogens (tertiary/aromatic N) is 6. The number of anilines is 1. The van der Waals surface area contributed by atoms with Crippen molar-refractivity contribution in [3.63, 3.8) is 0 Å². The number of carbonyl (C=O) groups is 2. The maximum Gasteiger partial charge on any atom is 0.414 e.